The minimum absolute atomic E-state index is 0.00836. The monoisotopic (exact) mass is 112 g/mol. The SMILES string of the molecule is [B]P1CCCCC1. The summed E-state index contributed by atoms with van der Waals surface area (Å²) in [6.45, 7) is 0. The molecule has 38 valence electrons. The summed E-state index contributed by atoms with van der Waals surface area (Å²) in [6.07, 6.45) is 6.87. The van der Waals surface area contributed by atoms with Gasteiger partial charge in [0.05, 0.1) is 0 Å². The van der Waals surface area contributed by atoms with E-state index in [1.54, 1.807) is 0 Å². The van der Waals surface area contributed by atoms with Crippen LogP contribution in [0.4, 0.5) is 0 Å². The van der Waals surface area contributed by atoms with Gasteiger partial charge >= 0.3 is 0 Å². The predicted octanol–water partition coefficient (Wildman–Crippen LogP) is 1.74. The molecule has 0 unspecified atom stereocenters. The first-order valence-electron chi connectivity index (χ1n) is 2.89. The zero-order valence-electron chi connectivity index (χ0n) is 4.56. The first-order valence-corrected chi connectivity index (χ1v) is 4.67. The Morgan fingerprint density at radius 3 is 1.86 bits per heavy atom. The predicted molar refractivity (Wildman–Crippen MR) is 36.3 cm³/mol. The molecule has 0 aromatic rings. The van der Waals surface area contributed by atoms with E-state index in [-0.39, 0.29) is 7.80 Å². The van der Waals surface area contributed by atoms with Crippen LogP contribution >= 0.6 is 7.80 Å². The highest BCUT2D eigenvalue weighted by Crippen LogP contribution is 2.35. The van der Waals surface area contributed by atoms with Gasteiger partial charge in [0, 0.05) is 0 Å². The molecule has 1 fully saturated rings. The fourth-order valence-electron chi connectivity index (χ4n) is 0.918. The summed E-state index contributed by atoms with van der Waals surface area (Å²) in [5.74, 6) is 0. The van der Waals surface area contributed by atoms with Gasteiger partial charge in [0.1, 0.15) is 7.57 Å². The second-order valence-corrected chi connectivity index (χ2v) is 4.17. The molecule has 0 spiro atoms. The molecule has 0 saturated carbocycles. The fraction of sp³-hybridized carbons (Fsp3) is 1.00. The zero-order chi connectivity index (χ0) is 5.11. The minimum atomic E-state index is 0.00836. The Labute approximate surface area is 47.8 Å². The molecule has 0 atom stereocenters. The van der Waals surface area contributed by atoms with E-state index in [9.17, 15) is 0 Å². The third-order valence-corrected chi connectivity index (χ3v) is 3.17. The lowest BCUT2D eigenvalue weighted by Gasteiger charge is -2.17. The molecule has 0 aliphatic carbocycles. The molecule has 0 aromatic carbocycles. The highest BCUT2D eigenvalue weighted by atomic mass is 31.1. The van der Waals surface area contributed by atoms with Crippen LogP contribution in [0.5, 0.6) is 0 Å². The Bertz CT molecular complexity index is 50.0. The maximum atomic E-state index is 5.70. The number of hydrogen-bond donors (Lipinski definition) is 0. The van der Waals surface area contributed by atoms with Gasteiger partial charge in [-0.15, -0.1) is 0 Å². The van der Waals surface area contributed by atoms with Crippen molar-refractivity contribution in [2.24, 2.45) is 0 Å². The quantitative estimate of drug-likeness (QED) is 0.330. The van der Waals surface area contributed by atoms with E-state index in [1.165, 1.54) is 31.6 Å². The van der Waals surface area contributed by atoms with Crippen molar-refractivity contribution >= 4 is 15.4 Å². The number of rotatable bonds is 0. The highest BCUT2D eigenvalue weighted by Gasteiger charge is 2.04. The Hall–Kier alpha value is 0.495. The highest BCUT2D eigenvalue weighted by molar-refractivity contribution is 7.82. The van der Waals surface area contributed by atoms with Crippen molar-refractivity contribution in [2.75, 3.05) is 12.3 Å². The van der Waals surface area contributed by atoms with Crippen molar-refractivity contribution in [3.63, 3.8) is 0 Å². The zero-order valence-corrected chi connectivity index (χ0v) is 5.45. The molecular weight excluding hydrogens is 102 g/mol. The normalized spacial score (nSPS) is 25.1. The second-order valence-electron chi connectivity index (χ2n) is 2.10. The third-order valence-electron chi connectivity index (χ3n) is 1.39. The molecule has 0 N–H and O–H groups in total. The maximum Gasteiger partial charge on any atom is 0.109 e. The Balaban J connectivity index is 2.12. The summed E-state index contributed by atoms with van der Waals surface area (Å²) >= 11 is 0. The van der Waals surface area contributed by atoms with E-state index in [2.05, 4.69) is 0 Å². The largest absolute Gasteiger partial charge is 0.157 e. The van der Waals surface area contributed by atoms with Gasteiger partial charge < -0.3 is 0 Å². The summed E-state index contributed by atoms with van der Waals surface area (Å²) < 4.78 is 0. The van der Waals surface area contributed by atoms with Gasteiger partial charge in [-0.05, 0) is 12.3 Å². The first kappa shape index (κ1) is 5.63. The lowest BCUT2D eigenvalue weighted by molar-refractivity contribution is 0.757. The summed E-state index contributed by atoms with van der Waals surface area (Å²) in [6, 6.07) is 0. The molecule has 1 aliphatic heterocycles. The van der Waals surface area contributed by atoms with Crippen LogP contribution in [0.2, 0.25) is 0 Å². The van der Waals surface area contributed by atoms with Crippen LogP contribution in [0.1, 0.15) is 19.3 Å². The lowest BCUT2D eigenvalue weighted by atomic mass is 10.3. The van der Waals surface area contributed by atoms with Gasteiger partial charge in [0.15, 0.2) is 0 Å². The number of hydrogen-bond acceptors (Lipinski definition) is 0. The first-order chi connectivity index (χ1) is 3.39. The second kappa shape index (κ2) is 2.72. The van der Waals surface area contributed by atoms with Gasteiger partial charge in [-0.3, -0.25) is 0 Å². The summed E-state index contributed by atoms with van der Waals surface area (Å²) in [5, 5.41) is 0. The molecule has 1 aliphatic rings. The fourth-order valence-corrected chi connectivity index (χ4v) is 2.40. The van der Waals surface area contributed by atoms with E-state index in [1.807, 2.05) is 0 Å². The van der Waals surface area contributed by atoms with E-state index in [0.29, 0.717) is 0 Å². The summed E-state index contributed by atoms with van der Waals surface area (Å²) in [4.78, 5) is 0. The van der Waals surface area contributed by atoms with Gasteiger partial charge in [-0.2, -0.15) is 7.80 Å². The van der Waals surface area contributed by atoms with E-state index >= 15 is 0 Å². The van der Waals surface area contributed by atoms with Gasteiger partial charge in [-0.25, -0.2) is 0 Å². The molecule has 2 radical (unpaired) electrons. The molecule has 2 heteroatoms. The Morgan fingerprint density at radius 2 is 1.57 bits per heavy atom. The molecule has 1 heterocycles. The molecular formula is C5H10BP. The van der Waals surface area contributed by atoms with Crippen molar-refractivity contribution in [2.45, 2.75) is 19.3 Å². The van der Waals surface area contributed by atoms with Crippen molar-refractivity contribution in [1.82, 2.24) is 0 Å². The minimum Gasteiger partial charge on any atom is -0.157 e. The van der Waals surface area contributed by atoms with Crippen LogP contribution in [-0.4, -0.2) is 19.9 Å². The molecule has 0 aromatic heterocycles. The lowest BCUT2D eigenvalue weighted by Crippen LogP contribution is -1.97. The molecule has 0 amide bonds. The molecule has 7 heavy (non-hydrogen) atoms. The van der Waals surface area contributed by atoms with E-state index < -0.39 is 0 Å². The van der Waals surface area contributed by atoms with E-state index in [4.69, 9.17) is 7.57 Å². The topological polar surface area (TPSA) is 0 Å². The van der Waals surface area contributed by atoms with Crippen molar-refractivity contribution < 1.29 is 0 Å². The maximum absolute atomic E-state index is 5.70. The van der Waals surface area contributed by atoms with Crippen molar-refractivity contribution in [3.05, 3.63) is 0 Å². The summed E-state index contributed by atoms with van der Waals surface area (Å²) in [7, 11) is 5.71. The van der Waals surface area contributed by atoms with Crippen LogP contribution in [0.3, 0.4) is 0 Å². The molecule has 0 bridgehead atoms. The van der Waals surface area contributed by atoms with Crippen LogP contribution in [0.25, 0.3) is 0 Å². The third kappa shape index (κ3) is 1.82. The van der Waals surface area contributed by atoms with Crippen LogP contribution < -0.4 is 0 Å². The van der Waals surface area contributed by atoms with Crippen molar-refractivity contribution in [1.29, 1.82) is 0 Å². The van der Waals surface area contributed by atoms with Crippen LogP contribution in [0.15, 0.2) is 0 Å². The van der Waals surface area contributed by atoms with Gasteiger partial charge in [0.25, 0.3) is 0 Å². The van der Waals surface area contributed by atoms with E-state index in [0.717, 1.165) is 0 Å². The molecule has 0 nitrogen and oxygen atoms in total. The van der Waals surface area contributed by atoms with Crippen LogP contribution in [-0.2, 0) is 0 Å². The van der Waals surface area contributed by atoms with Crippen LogP contribution in [0, 0.1) is 0 Å². The Morgan fingerprint density at radius 1 is 1.00 bits per heavy atom. The average molecular weight is 112 g/mol. The smallest absolute Gasteiger partial charge is 0.109 e. The Kier molecular flexibility index (Phi) is 2.19. The van der Waals surface area contributed by atoms with Gasteiger partial charge in [0.2, 0.25) is 0 Å². The molecule has 1 rings (SSSR count). The van der Waals surface area contributed by atoms with Crippen molar-refractivity contribution in [3.8, 4) is 0 Å². The summed E-state index contributed by atoms with van der Waals surface area (Å²) in [5.41, 5.74) is 0. The van der Waals surface area contributed by atoms with Gasteiger partial charge in [-0.1, -0.05) is 19.3 Å². The molecule has 1 saturated heterocycles. The average Bonchev–Trinajstić information content (AvgIpc) is 1.69. The standard InChI is InChI=1S/C5H10BP/c6-7-4-2-1-3-5-7/h1-5H2.